The first-order chi connectivity index (χ1) is 8.88. The molecule has 0 heterocycles. The highest BCUT2D eigenvalue weighted by atomic mass is 127. The summed E-state index contributed by atoms with van der Waals surface area (Å²) in [5, 5.41) is 6.70. The van der Waals surface area contributed by atoms with Gasteiger partial charge in [-0.15, -0.1) is 24.0 Å². The molecule has 5 heteroatoms. The molecule has 0 aliphatic heterocycles. The van der Waals surface area contributed by atoms with E-state index >= 15 is 0 Å². The molecule has 2 aliphatic carbocycles. The summed E-state index contributed by atoms with van der Waals surface area (Å²) in [6, 6.07) is 0. The van der Waals surface area contributed by atoms with Gasteiger partial charge in [-0.2, -0.15) is 0 Å². The van der Waals surface area contributed by atoms with Crippen molar-refractivity contribution < 1.29 is 4.74 Å². The van der Waals surface area contributed by atoms with Gasteiger partial charge in [0.25, 0.3) is 0 Å². The lowest BCUT2D eigenvalue weighted by Gasteiger charge is -2.13. The minimum Gasteiger partial charge on any atom is -0.378 e. The van der Waals surface area contributed by atoms with Gasteiger partial charge >= 0.3 is 0 Å². The van der Waals surface area contributed by atoms with Crippen LogP contribution in [-0.4, -0.2) is 38.8 Å². The molecule has 0 atom stereocenters. The van der Waals surface area contributed by atoms with Crippen LogP contribution in [0.25, 0.3) is 0 Å². The van der Waals surface area contributed by atoms with Crippen LogP contribution in [0.4, 0.5) is 0 Å². The van der Waals surface area contributed by atoms with Crippen molar-refractivity contribution in [2.45, 2.75) is 51.0 Å². The maximum atomic E-state index is 5.83. The van der Waals surface area contributed by atoms with Crippen LogP contribution in [0, 0.1) is 5.92 Å². The minimum atomic E-state index is 0. The molecule has 2 saturated carbocycles. The van der Waals surface area contributed by atoms with Crippen molar-refractivity contribution in [2.75, 3.05) is 26.7 Å². The van der Waals surface area contributed by atoms with Gasteiger partial charge in [-0.05, 0) is 38.0 Å². The van der Waals surface area contributed by atoms with Gasteiger partial charge in [0.2, 0.25) is 0 Å². The highest BCUT2D eigenvalue weighted by molar-refractivity contribution is 14.0. The van der Waals surface area contributed by atoms with E-state index in [1.165, 1.54) is 38.5 Å². The molecule has 2 N–H and O–H groups in total. The van der Waals surface area contributed by atoms with E-state index in [1.807, 2.05) is 7.05 Å². The molecule has 2 aliphatic rings. The Bertz CT molecular complexity index is 263. The molecule has 0 radical (unpaired) electrons. The summed E-state index contributed by atoms with van der Waals surface area (Å²) in [5.41, 5.74) is 0. The Morgan fingerprint density at radius 3 is 2.53 bits per heavy atom. The molecule has 0 spiro atoms. The van der Waals surface area contributed by atoms with Gasteiger partial charge in [0.15, 0.2) is 5.96 Å². The Hall–Kier alpha value is -0.0400. The number of halogens is 1. The molecule has 4 nitrogen and oxygen atoms in total. The highest BCUT2D eigenvalue weighted by Gasteiger charge is 2.21. The van der Waals surface area contributed by atoms with Crippen LogP contribution in [-0.2, 0) is 4.74 Å². The van der Waals surface area contributed by atoms with Crippen LogP contribution >= 0.6 is 24.0 Å². The number of rotatable bonds is 7. The summed E-state index contributed by atoms with van der Waals surface area (Å²) < 4.78 is 5.83. The van der Waals surface area contributed by atoms with E-state index in [9.17, 15) is 0 Å². The third kappa shape index (κ3) is 7.34. The second-order valence-corrected chi connectivity index (χ2v) is 5.45. The monoisotopic (exact) mass is 381 g/mol. The van der Waals surface area contributed by atoms with E-state index in [-0.39, 0.29) is 24.0 Å². The predicted molar refractivity (Wildman–Crippen MR) is 90.3 cm³/mol. The number of aliphatic imine (C=N–C) groups is 1. The average Bonchev–Trinajstić information content (AvgIpc) is 3.07. The Kier molecular flexibility index (Phi) is 8.77. The van der Waals surface area contributed by atoms with Gasteiger partial charge in [-0.3, -0.25) is 4.99 Å². The van der Waals surface area contributed by atoms with Crippen LogP contribution in [0.5, 0.6) is 0 Å². The topological polar surface area (TPSA) is 45.7 Å². The third-order valence-corrected chi connectivity index (χ3v) is 3.75. The van der Waals surface area contributed by atoms with E-state index < -0.39 is 0 Å². The van der Waals surface area contributed by atoms with Crippen molar-refractivity contribution in [1.29, 1.82) is 0 Å². The summed E-state index contributed by atoms with van der Waals surface area (Å²) in [4.78, 5) is 4.22. The molecule has 0 aromatic heterocycles. The Balaban J connectivity index is 0.00000180. The first-order valence-corrected chi connectivity index (χ1v) is 7.44. The molecule has 0 unspecified atom stereocenters. The van der Waals surface area contributed by atoms with E-state index in [4.69, 9.17) is 4.74 Å². The fourth-order valence-electron chi connectivity index (χ4n) is 2.37. The van der Waals surface area contributed by atoms with Gasteiger partial charge in [-0.1, -0.05) is 12.8 Å². The zero-order chi connectivity index (χ0) is 12.6. The molecule has 0 saturated heterocycles. The first kappa shape index (κ1) is 17.0. The van der Waals surface area contributed by atoms with Crippen LogP contribution in [0.3, 0.4) is 0 Å². The Labute approximate surface area is 134 Å². The summed E-state index contributed by atoms with van der Waals surface area (Å²) in [5.74, 6) is 1.82. The molecule has 0 aromatic carbocycles. The largest absolute Gasteiger partial charge is 0.378 e. The molecular weight excluding hydrogens is 353 g/mol. The van der Waals surface area contributed by atoms with Crippen LogP contribution in [0.2, 0.25) is 0 Å². The normalized spacial score (nSPS) is 20.2. The second kappa shape index (κ2) is 9.80. The van der Waals surface area contributed by atoms with Gasteiger partial charge in [0, 0.05) is 26.7 Å². The third-order valence-electron chi connectivity index (χ3n) is 3.75. The number of nitrogens with zero attached hydrogens (tertiary/aromatic N) is 1. The lowest BCUT2D eigenvalue weighted by Crippen LogP contribution is -2.39. The Morgan fingerprint density at radius 1 is 1.16 bits per heavy atom. The maximum absolute atomic E-state index is 5.83. The lowest BCUT2D eigenvalue weighted by molar-refractivity contribution is 0.0574. The van der Waals surface area contributed by atoms with Crippen LogP contribution in [0.15, 0.2) is 4.99 Å². The molecule has 2 fully saturated rings. The van der Waals surface area contributed by atoms with E-state index in [0.717, 1.165) is 38.0 Å². The zero-order valence-electron chi connectivity index (χ0n) is 12.0. The molecule has 0 bridgehead atoms. The number of nitrogens with one attached hydrogen (secondary N) is 2. The Morgan fingerprint density at radius 2 is 1.89 bits per heavy atom. The molecule has 0 aromatic rings. The molecule has 2 rings (SSSR count). The molecule has 19 heavy (non-hydrogen) atoms. The number of ether oxygens (including phenoxy) is 1. The van der Waals surface area contributed by atoms with Gasteiger partial charge in [-0.25, -0.2) is 0 Å². The summed E-state index contributed by atoms with van der Waals surface area (Å²) in [6.45, 7) is 2.88. The van der Waals surface area contributed by atoms with Crippen molar-refractivity contribution in [3.63, 3.8) is 0 Å². The van der Waals surface area contributed by atoms with Crippen molar-refractivity contribution in [3.8, 4) is 0 Å². The lowest BCUT2D eigenvalue weighted by atomic mass is 10.3. The van der Waals surface area contributed by atoms with Crippen molar-refractivity contribution in [2.24, 2.45) is 10.9 Å². The molecular formula is C14H28IN3O. The first-order valence-electron chi connectivity index (χ1n) is 7.44. The second-order valence-electron chi connectivity index (χ2n) is 5.45. The molecule has 0 amide bonds. The standard InChI is InChI=1S/C14H27N3O.HI/c1-15-14(17-11-12-7-8-12)16-9-4-10-18-13-5-2-3-6-13;/h12-13H,2-11H2,1H3,(H2,15,16,17);1H. The predicted octanol–water partition coefficient (Wildman–Crippen LogP) is 2.53. The number of hydrogen-bond acceptors (Lipinski definition) is 2. The summed E-state index contributed by atoms with van der Waals surface area (Å²) in [6.07, 6.45) is 9.56. The van der Waals surface area contributed by atoms with Crippen LogP contribution < -0.4 is 10.6 Å². The van der Waals surface area contributed by atoms with Gasteiger partial charge in [0.1, 0.15) is 0 Å². The van der Waals surface area contributed by atoms with Gasteiger partial charge < -0.3 is 15.4 Å². The molecule has 112 valence electrons. The fourth-order valence-corrected chi connectivity index (χ4v) is 2.37. The van der Waals surface area contributed by atoms with E-state index in [0.29, 0.717) is 6.10 Å². The van der Waals surface area contributed by atoms with Gasteiger partial charge in [0.05, 0.1) is 6.10 Å². The summed E-state index contributed by atoms with van der Waals surface area (Å²) in [7, 11) is 1.83. The SMILES string of the molecule is CN=C(NCCCOC1CCCC1)NCC1CC1.I. The van der Waals surface area contributed by atoms with Crippen molar-refractivity contribution in [1.82, 2.24) is 10.6 Å². The number of guanidine groups is 1. The summed E-state index contributed by atoms with van der Waals surface area (Å²) >= 11 is 0. The maximum Gasteiger partial charge on any atom is 0.190 e. The number of hydrogen-bond donors (Lipinski definition) is 2. The van der Waals surface area contributed by atoms with Crippen molar-refractivity contribution >= 4 is 29.9 Å². The fraction of sp³-hybridized carbons (Fsp3) is 0.929. The zero-order valence-corrected chi connectivity index (χ0v) is 14.3. The minimum absolute atomic E-state index is 0. The van der Waals surface area contributed by atoms with Crippen LogP contribution in [0.1, 0.15) is 44.9 Å². The smallest absolute Gasteiger partial charge is 0.190 e. The van der Waals surface area contributed by atoms with E-state index in [2.05, 4.69) is 15.6 Å². The highest BCUT2D eigenvalue weighted by Crippen LogP contribution is 2.27. The quantitative estimate of drug-likeness (QED) is 0.308. The van der Waals surface area contributed by atoms with Crippen molar-refractivity contribution in [3.05, 3.63) is 0 Å². The van der Waals surface area contributed by atoms with E-state index in [1.54, 1.807) is 0 Å². The average molecular weight is 381 g/mol.